The maximum absolute atomic E-state index is 11.7. The van der Waals surface area contributed by atoms with Crippen LogP contribution in [0.25, 0.3) is 0 Å². The van der Waals surface area contributed by atoms with E-state index in [4.69, 9.17) is 0 Å². The highest BCUT2D eigenvalue weighted by Gasteiger charge is 2.33. The van der Waals surface area contributed by atoms with Gasteiger partial charge in [0.15, 0.2) is 0 Å². The molecule has 0 aliphatic heterocycles. The summed E-state index contributed by atoms with van der Waals surface area (Å²) in [6, 6.07) is 4.56. The lowest BCUT2D eigenvalue weighted by Crippen LogP contribution is -2.41. The van der Waals surface area contributed by atoms with E-state index in [1.54, 1.807) is 19.1 Å². The summed E-state index contributed by atoms with van der Waals surface area (Å²) in [7, 11) is 0. The van der Waals surface area contributed by atoms with Crippen molar-refractivity contribution in [2.24, 2.45) is 0 Å². The van der Waals surface area contributed by atoms with Crippen molar-refractivity contribution < 1.29 is 9.72 Å². The highest BCUT2D eigenvalue weighted by Crippen LogP contribution is 2.37. The van der Waals surface area contributed by atoms with Gasteiger partial charge in [-0.05, 0) is 45.2 Å². The highest BCUT2D eigenvalue weighted by atomic mass is 16.6. The van der Waals surface area contributed by atoms with E-state index >= 15 is 0 Å². The first-order chi connectivity index (χ1) is 9.45. The number of nitrogens with zero attached hydrogens (tertiary/aromatic N) is 1. The summed E-state index contributed by atoms with van der Waals surface area (Å²) in [5.41, 5.74) is 0.660. The third-order valence-electron chi connectivity index (χ3n) is 3.69. The molecule has 1 aliphatic rings. The number of nitro benzene ring substituents is 1. The second-order valence-corrected chi connectivity index (χ2v) is 5.39. The number of carbonyl (C=O) groups is 1. The Morgan fingerprint density at radius 3 is 2.65 bits per heavy atom. The number of anilines is 1. The highest BCUT2D eigenvalue weighted by molar-refractivity contribution is 5.95. The van der Waals surface area contributed by atoms with Crippen molar-refractivity contribution in [2.75, 3.05) is 11.9 Å². The summed E-state index contributed by atoms with van der Waals surface area (Å²) in [6.45, 7) is 4.35. The van der Waals surface area contributed by atoms with Crippen LogP contribution in [0.5, 0.6) is 0 Å². The Labute approximate surface area is 117 Å². The second-order valence-electron chi connectivity index (χ2n) is 5.39. The van der Waals surface area contributed by atoms with Crippen LogP contribution in [0.1, 0.15) is 43.5 Å². The lowest BCUT2D eigenvalue weighted by Gasteiger charge is -2.39. The van der Waals surface area contributed by atoms with Gasteiger partial charge in [0.05, 0.1) is 4.92 Å². The molecule has 2 rings (SSSR count). The zero-order valence-electron chi connectivity index (χ0n) is 11.7. The van der Waals surface area contributed by atoms with Gasteiger partial charge in [-0.2, -0.15) is 0 Å². The number of benzene rings is 1. The first-order valence-electron chi connectivity index (χ1n) is 6.80. The van der Waals surface area contributed by atoms with Crippen molar-refractivity contribution in [3.63, 3.8) is 0 Å². The Hall–Kier alpha value is -2.11. The molecule has 6 nitrogen and oxygen atoms in total. The van der Waals surface area contributed by atoms with Crippen LogP contribution < -0.4 is 10.6 Å². The number of hydrogen-bond acceptors (Lipinski definition) is 4. The van der Waals surface area contributed by atoms with Crippen LogP contribution in [0, 0.1) is 10.1 Å². The topological polar surface area (TPSA) is 84.3 Å². The van der Waals surface area contributed by atoms with E-state index in [0.717, 1.165) is 19.3 Å². The normalized spacial score (nSPS) is 16.1. The Bertz CT molecular complexity index is 538. The molecule has 0 bridgehead atoms. The summed E-state index contributed by atoms with van der Waals surface area (Å²) in [6.07, 6.45) is 3.14. The standard InChI is InChI=1S/C14H19N3O3/c1-3-15-13(18)10-5-6-11(12(9-10)17(19)20)16-14(2)7-4-8-14/h5-6,9,16H,3-4,7-8H2,1-2H3,(H,15,18). The average Bonchev–Trinajstić information content (AvgIpc) is 2.37. The van der Waals surface area contributed by atoms with Crippen LogP contribution in [0.2, 0.25) is 0 Å². The Morgan fingerprint density at radius 1 is 1.45 bits per heavy atom. The Balaban J connectivity index is 2.28. The number of nitro groups is 1. The molecule has 2 N–H and O–H groups in total. The molecule has 0 aromatic heterocycles. The minimum absolute atomic E-state index is 0.0538. The summed E-state index contributed by atoms with van der Waals surface area (Å²) >= 11 is 0. The van der Waals surface area contributed by atoms with E-state index in [9.17, 15) is 14.9 Å². The third kappa shape index (κ3) is 2.89. The summed E-state index contributed by atoms with van der Waals surface area (Å²) in [4.78, 5) is 22.5. The van der Waals surface area contributed by atoms with Gasteiger partial charge in [0.25, 0.3) is 11.6 Å². The van der Waals surface area contributed by atoms with Crippen molar-refractivity contribution in [3.05, 3.63) is 33.9 Å². The van der Waals surface area contributed by atoms with Crippen molar-refractivity contribution >= 4 is 17.3 Å². The number of hydrogen-bond donors (Lipinski definition) is 2. The van der Waals surface area contributed by atoms with Gasteiger partial charge in [0, 0.05) is 23.7 Å². The van der Waals surface area contributed by atoms with E-state index in [2.05, 4.69) is 17.6 Å². The van der Waals surface area contributed by atoms with Crippen molar-refractivity contribution in [3.8, 4) is 0 Å². The van der Waals surface area contributed by atoms with Crippen molar-refractivity contribution in [1.82, 2.24) is 5.32 Å². The molecule has 1 fully saturated rings. The predicted octanol–water partition coefficient (Wildman–Crippen LogP) is 2.70. The fraction of sp³-hybridized carbons (Fsp3) is 0.500. The van der Waals surface area contributed by atoms with Gasteiger partial charge < -0.3 is 10.6 Å². The average molecular weight is 277 g/mol. The van der Waals surface area contributed by atoms with Crippen molar-refractivity contribution in [2.45, 2.75) is 38.6 Å². The maximum atomic E-state index is 11.7. The summed E-state index contributed by atoms with van der Waals surface area (Å²) in [5, 5.41) is 17.0. The zero-order chi connectivity index (χ0) is 14.8. The first kappa shape index (κ1) is 14.3. The molecular formula is C14H19N3O3. The number of rotatable bonds is 5. The quantitative estimate of drug-likeness (QED) is 0.640. The molecule has 20 heavy (non-hydrogen) atoms. The molecule has 0 atom stereocenters. The Kier molecular flexibility index (Phi) is 3.92. The molecule has 6 heteroatoms. The van der Waals surface area contributed by atoms with E-state index in [0.29, 0.717) is 17.8 Å². The van der Waals surface area contributed by atoms with E-state index in [-0.39, 0.29) is 17.1 Å². The molecule has 1 aromatic rings. The molecule has 1 amide bonds. The molecular weight excluding hydrogens is 258 g/mol. The van der Waals surface area contributed by atoms with E-state index in [1.165, 1.54) is 6.07 Å². The lowest BCUT2D eigenvalue weighted by molar-refractivity contribution is -0.384. The van der Waals surface area contributed by atoms with Gasteiger partial charge in [0.1, 0.15) is 5.69 Å². The molecule has 0 radical (unpaired) electrons. The van der Waals surface area contributed by atoms with Gasteiger partial charge in [-0.3, -0.25) is 14.9 Å². The predicted molar refractivity (Wildman–Crippen MR) is 77.0 cm³/mol. The van der Waals surface area contributed by atoms with E-state index in [1.807, 2.05) is 0 Å². The number of amides is 1. The van der Waals surface area contributed by atoms with Crippen LogP contribution in [0.15, 0.2) is 18.2 Å². The number of carbonyl (C=O) groups excluding carboxylic acids is 1. The molecule has 0 unspecified atom stereocenters. The molecule has 1 saturated carbocycles. The van der Waals surface area contributed by atoms with Crippen LogP contribution in [-0.4, -0.2) is 22.9 Å². The third-order valence-corrected chi connectivity index (χ3v) is 3.69. The molecule has 0 spiro atoms. The van der Waals surface area contributed by atoms with Crippen molar-refractivity contribution in [1.29, 1.82) is 0 Å². The van der Waals surface area contributed by atoms with Crippen LogP contribution in [-0.2, 0) is 0 Å². The summed E-state index contributed by atoms with van der Waals surface area (Å²) in [5.74, 6) is -0.294. The second kappa shape index (κ2) is 5.48. The van der Waals surface area contributed by atoms with Gasteiger partial charge in [-0.1, -0.05) is 0 Å². The molecule has 1 aromatic carbocycles. The minimum atomic E-state index is -0.451. The van der Waals surface area contributed by atoms with Crippen LogP contribution >= 0.6 is 0 Å². The van der Waals surface area contributed by atoms with Crippen LogP contribution in [0.3, 0.4) is 0 Å². The van der Waals surface area contributed by atoms with Gasteiger partial charge in [-0.15, -0.1) is 0 Å². The smallest absolute Gasteiger partial charge is 0.293 e. The molecule has 1 aliphatic carbocycles. The zero-order valence-corrected chi connectivity index (χ0v) is 11.7. The molecule has 108 valence electrons. The van der Waals surface area contributed by atoms with Gasteiger partial charge >= 0.3 is 0 Å². The molecule has 0 heterocycles. The van der Waals surface area contributed by atoms with E-state index < -0.39 is 4.92 Å². The van der Waals surface area contributed by atoms with Crippen LogP contribution in [0.4, 0.5) is 11.4 Å². The maximum Gasteiger partial charge on any atom is 0.293 e. The fourth-order valence-corrected chi connectivity index (χ4v) is 2.35. The Morgan fingerprint density at radius 2 is 2.15 bits per heavy atom. The largest absolute Gasteiger partial charge is 0.374 e. The fourth-order valence-electron chi connectivity index (χ4n) is 2.35. The minimum Gasteiger partial charge on any atom is -0.374 e. The number of nitrogens with one attached hydrogen (secondary N) is 2. The van der Waals surface area contributed by atoms with Gasteiger partial charge in [-0.25, -0.2) is 0 Å². The monoisotopic (exact) mass is 277 g/mol. The summed E-state index contributed by atoms with van der Waals surface area (Å²) < 4.78 is 0. The van der Waals surface area contributed by atoms with Gasteiger partial charge in [0.2, 0.25) is 0 Å². The lowest BCUT2D eigenvalue weighted by atomic mass is 9.78. The first-order valence-corrected chi connectivity index (χ1v) is 6.80. The molecule has 0 saturated heterocycles. The SMILES string of the molecule is CCNC(=O)c1ccc(NC2(C)CCC2)c([N+](=O)[O-])c1.